The molecule has 3 heterocycles. The van der Waals surface area contributed by atoms with Gasteiger partial charge in [-0.3, -0.25) is 4.90 Å². The zero-order chi connectivity index (χ0) is 25.7. The number of pyridine rings is 1. The van der Waals surface area contributed by atoms with Crippen LogP contribution in [0, 0.1) is 17.1 Å². The van der Waals surface area contributed by atoms with Crippen LogP contribution in [0.3, 0.4) is 0 Å². The number of imidazole rings is 1. The van der Waals surface area contributed by atoms with Gasteiger partial charge in [0.1, 0.15) is 22.6 Å². The predicted molar refractivity (Wildman–Crippen MR) is 130 cm³/mol. The molecule has 10 heteroatoms. The van der Waals surface area contributed by atoms with Gasteiger partial charge in [0.15, 0.2) is 5.82 Å². The highest BCUT2D eigenvalue weighted by Gasteiger charge is 2.27. The molecule has 1 atom stereocenters. The van der Waals surface area contributed by atoms with Crippen molar-refractivity contribution in [1.29, 1.82) is 5.26 Å². The molecule has 1 N–H and O–H groups in total. The van der Waals surface area contributed by atoms with Crippen LogP contribution in [0.1, 0.15) is 33.3 Å². The minimum absolute atomic E-state index is 0.156. The summed E-state index contributed by atoms with van der Waals surface area (Å²) in [4.78, 5) is 23.4. The molecule has 0 fully saturated rings. The topological polar surface area (TPSA) is 109 Å². The van der Waals surface area contributed by atoms with E-state index >= 15 is 0 Å². The van der Waals surface area contributed by atoms with Gasteiger partial charge in [0.25, 0.3) is 0 Å². The Bertz CT molecular complexity index is 1490. The van der Waals surface area contributed by atoms with Crippen LogP contribution in [0.25, 0.3) is 33.3 Å². The van der Waals surface area contributed by atoms with Gasteiger partial charge in [-0.25, -0.2) is 19.2 Å². The second-order valence-electron chi connectivity index (χ2n) is 9.59. The van der Waals surface area contributed by atoms with Crippen LogP contribution in [0.2, 0.25) is 0 Å². The lowest BCUT2D eigenvalue weighted by atomic mass is 10.1. The molecule has 0 aliphatic carbocycles. The average Bonchev–Trinajstić information content (AvgIpc) is 3.31. The van der Waals surface area contributed by atoms with Gasteiger partial charge in [-0.15, -0.1) is 0 Å². The summed E-state index contributed by atoms with van der Waals surface area (Å²) in [7, 11) is 3.39. The van der Waals surface area contributed by atoms with E-state index in [0.29, 0.717) is 33.3 Å². The number of aliphatic hydroxyl groups is 1. The highest BCUT2D eigenvalue weighted by Crippen LogP contribution is 2.36. The summed E-state index contributed by atoms with van der Waals surface area (Å²) in [5.74, 6) is -0.257. The summed E-state index contributed by atoms with van der Waals surface area (Å²) in [5.41, 5.74) is 2.20. The molecule has 0 spiro atoms. The van der Waals surface area contributed by atoms with E-state index in [9.17, 15) is 19.6 Å². The number of anilines is 1. The third-order valence-corrected chi connectivity index (χ3v) is 5.44. The van der Waals surface area contributed by atoms with Crippen molar-refractivity contribution >= 4 is 34.0 Å². The Hall–Kier alpha value is -3.97. The van der Waals surface area contributed by atoms with E-state index in [1.165, 1.54) is 11.0 Å². The molecule has 4 aromatic rings. The molecule has 0 saturated heterocycles. The maximum Gasteiger partial charge on any atom is 0.415 e. The van der Waals surface area contributed by atoms with Gasteiger partial charge in [0, 0.05) is 25.0 Å². The zero-order valence-electron chi connectivity index (χ0n) is 20.5. The SMILES string of the molecule is CC(O)Cn1c(-c2cc(F)cc(C#N)c2)cc2c3c(ncn3C)c(N(C)C(=O)OC(C)(C)C)nc21. The number of amides is 1. The minimum atomic E-state index is -0.746. The Kier molecular flexibility index (Phi) is 5.99. The third-order valence-electron chi connectivity index (χ3n) is 5.44. The fourth-order valence-corrected chi connectivity index (χ4v) is 4.04. The van der Waals surface area contributed by atoms with E-state index in [-0.39, 0.29) is 17.9 Å². The van der Waals surface area contributed by atoms with Crippen molar-refractivity contribution in [3.63, 3.8) is 0 Å². The Morgan fingerprint density at radius 1 is 1.31 bits per heavy atom. The van der Waals surface area contributed by atoms with Gasteiger partial charge in [0.05, 0.1) is 41.8 Å². The van der Waals surface area contributed by atoms with Crippen molar-refractivity contribution < 1.29 is 19.0 Å². The number of ether oxygens (including phenoxy) is 1. The number of hydrogen-bond donors (Lipinski definition) is 1. The Balaban J connectivity index is 2.03. The maximum absolute atomic E-state index is 14.3. The van der Waals surface area contributed by atoms with E-state index in [2.05, 4.69) is 4.98 Å². The first kappa shape index (κ1) is 24.2. The van der Waals surface area contributed by atoms with Crippen molar-refractivity contribution in [3.05, 3.63) is 42.0 Å². The number of halogens is 1. The largest absolute Gasteiger partial charge is 0.443 e. The van der Waals surface area contributed by atoms with Crippen LogP contribution in [0.15, 0.2) is 30.6 Å². The van der Waals surface area contributed by atoms with Crippen molar-refractivity contribution in [2.24, 2.45) is 7.05 Å². The molecular formula is C25H27FN6O3. The number of carbonyl (C=O) groups excluding carboxylic acids is 1. The van der Waals surface area contributed by atoms with Crippen LogP contribution in [0.5, 0.6) is 0 Å². The van der Waals surface area contributed by atoms with Crippen molar-refractivity contribution in [1.82, 2.24) is 19.1 Å². The molecule has 0 radical (unpaired) electrons. The van der Waals surface area contributed by atoms with Gasteiger partial charge < -0.3 is 19.0 Å². The van der Waals surface area contributed by atoms with E-state index in [1.54, 1.807) is 51.7 Å². The van der Waals surface area contributed by atoms with Gasteiger partial charge in [-0.05, 0) is 52.0 Å². The van der Waals surface area contributed by atoms with Gasteiger partial charge in [-0.2, -0.15) is 5.26 Å². The van der Waals surface area contributed by atoms with E-state index < -0.39 is 23.6 Å². The number of nitriles is 1. The summed E-state index contributed by atoms with van der Waals surface area (Å²) in [6.45, 7) is 7.13. The highest BCUT2D eigenvalue weighted by atomic mass is 19.1. The lowest BCUT2D eigenvalue weighted by molar-refractivity contribution is 0.0588. The number of aryl methyl sites for hydroxylation is 1. The molecule has 3 aromatic heterocycles. The third kappa shape index (κ3) is 4.55. The number of fused-ring (bicyclic) bond motifs is 3. The van der Waals surface area contributed by atoms with Crippen LogP contribution in [-0.4, -0.2) is 49.1 Å². The number of rotatable bonds is 4. The second-order valence-corrected chi connectivity index (χ2v) is 9.59. The molecule has 0 aliphatic heterocycles. The molecule has 4 rings (SSSR count). The van der Waals surface area contributed by atoms with E-state index in [0.717, 1.165) is 6.07 Å². The first-order chi connectivity index (χ1) is 16.4. The summed E-state index contributed by atoms with van der Waals surface area (Å²) in [5, 5.41) is 20.3. The molecule has 0 aliphatic rings. The number of aliphatic hydroxyl groups excluding tert-OH is 1. The number of aromatic nitrogens is 4. The highest BCUT2D eigenvalue weighted by molar-refractivity contribution is 6.10. The summed E-state index contributed by atoms with van der Waals surface area (Å²) in [6, 6.07) is 7.90. The molecular weight excluding hydrogens is 451 g/mol. The lowest BCUT2D eigenvalue weighted by Gasteiger charge is -2.24. The fraction of sp³-hybridized carbons (Fsp3) is 0.360. The molecule has 1 unspecified atom stereocenters. The maximum atomic E-state index is 14.3. The number of hydrogen-bond acceptors (Lipinski definition) is 6. The zero-order valence-corrected chi connectivity index (χ0v) is 20.5. The van der Waals surface area contributed by atoms with E-state index in [1.807, 2.05) is 23.8 Å². The molecule has 0 bridgehead atoms. The number of benzene rings is 1. The molecule has 1 aromatic carbocycles. The van der Waals surface area contributed by atoms with Crippen LogP contribution in [0.4, 0.5) is 15.0 Å². The lowest BCUT2D eigenvalue weighted by Crippen LogP contribution is -2.34. The number of nitrogens with zero attached hydrogens (tertiary/aromatic N) is 6. The Labute approximate surface area is 202 Å². The van der Waals surface area contributed by atoms with Crippen molar-refractivity contribution in [2.45, 2.75) is 45.9 Å². The van der Waals surface area contributed by atoms with Crippen molar-refractivity contribution in [2.75, 3.05) is 11.9 Å². The van der Waals surface area contributed by atoms with Crippen LogP contribution < -0.4 is 4.90 Å². The summed E-state index contributed by atoms with van der Waals surface area (Å²) < 4.78 is 23.4. The smallest absolute Gasteiger partial charge is 0.415 e. The minimum Gasteiger partial charge on any atom is -0.443 e. The average molecular weight is 479 g/mol. The Morgan fingerprint density at radius 3 is 2.66 bits per heavy atom. The van der Waals surface area contributed by atoms with Crippen LogP contribution in [-0.2, 0) is 18.3 Å². The first-order valence-corrected chi connectivity index (χ1v) is 11.1. The van der Waals surface area contributed by atoms with Gasteiger partial charge >= 0.3 is 6.09 Å². The Morgan fingerprint density at radius 2 is 2.03 bits per heavy atom. The second kappa shape index (κ2) is 8.67. The molecule has 1 amide bonds. The summed E-state index contributed by atoms with van der Waals surface area (Å²) in [6.07, 6.45) is 0.290. The molecule has 9 nitrogen and oxygen atoms in total. The predicted octanol–water partition coefficient (Wildman–Crippen LogP) is 4.35. The number of carbonyl (C=O) groups is 1. The summed E-state index contributed by atoms with van der Waals surface area (Å²) >= 11 is 0. The van der Waals surface area contributed by atoms with E-state index in [4.69, 9.17) is 9.72 Å². The van der Waals surface area contributed by atoms with Crippen molar-refractivity contribution in [3.8, 4) is 17.3 Å². The first-order valence-electron chi connectivity index (χ1n) is 11.1. The monoisotopic (exact) mass is 478 g/mol. The molecule has 182 valence electrons. The molecule has 35 heavy (non-hydrogen) atoms. The van der Waals surface area contributed by atoms with Gasteiger partial charge in [-0.1, -0.05) is 0 Å². The molecule has 0 saturated carbocycles. The standard InChI is InChI=1S/C25H27FN6O3/c1-14(33)12-32-19(16-7-15(11-27)8-17(26)9-16)10-18-21-20(28-13-30(21)5)23(29-22(18)32)31(6)24(34)35-25(2,3)4/h7-10,13-14,33H,12H2,1-6H3. The quantitative estimate of drug-likeness (QED) is 0.467. The van der Waals surface area contributed by atoms with Gasteiger partial charge in [0.2, 0.25) is 0 Å². The fourth-order valence-electron chi connectivity index (χ4n) is 4.04. The normalized spacial score (nSPS) is 12.7. The van der Waals surface area contributed by atoms with Crippen LogP contribution >= 0.6 is 0 Å².